The van der Waals surface area contributed by atoms with Gasteiger partial charge >= 0.3 is 0 Å². The quantitative estimate of drug-likeness (QED) is 0.760. The second kappa shape index (κ2) is 5.78. The molecule has 0 fully saturated rings. The van der Waals surface area contributed by atoms with Crippen LogP contribution in [-0.2, 0) is 0 Å². The first-order valence-corrected chi connectivity index (χ1v) is 7.77. The van der Waals surface area contributed by atoms with Crippen LogP contribution in [0, 0.1) is 20.8 Å². The second-order valence-corrected chi connectivity index (χ2v) is 6.60. The van der Waals surface area contributed by atoms with Crippen molar-refractivity contribution in [1.82, 2.24) is 0 Å². The molecule has 0 spiro atoms. The third-order valence-electron chi connectivity index (χ3n) is 3.59. The van der Waals surface area contributed by atoms with E-state index in [4.69, 9.17) is 5.73 Å². The maximum atomic E-state index is 6.45. The molecule has 19 heavy (non-hydrogen) atoms. The number of hydrogen-bond donors (Lipinski definition) is 1. The van der Waals surface area contributed by atoms with Gasteiger partial charge in [-0.25, -0.2) is 0 Å². The highest BCUT2D eigenvalue weighted by molar-refractivity contribution is 9.11. The van der Waals surface area contributed by atoms with Crippen LogP contribution in [0.2, 0.25) is 0 Å². The van der Waals surface area contributed by atoms with E-state index in [-0.39, 0.29) is 6.04 Å². The predicted molar refractivity (Wildman–Crippen MR) is 88.5 cm³/mol. The molecule has 3 heteroatoms. The number of nitrogens with two attached hydrogens (primary N) is 1. The summed E-state index contributed by atoms with van der Waals surface area (Å²) in [5.74, 6) is 0. The standard InChI is InChI=1S/C16H17Br2N/c1-9-5-4-6-12(11(9)3)16(19)13-8-14(17)10(2)7-15(13)18/h4-8,16H,19H2,1-3H3. The average molecular weight is 383 g/mol. The number of benzene rings is 2. The average Bonchev–Trinajstić information content (AvgIpc) is 2.36. The Bertz CT molecular complexity index is 620. The lowest BCUT2D eigenvalue weighted by Gasteiger charge is -2.19. The zero-order valence-corrected chi connectivity index (χ0v) is 14.5. The Balaban J connectivity index is 2.53. The van der Waals surface area contributed by atoms with Gasteiger partial charge in [0.2, 0.25) is 0 Å². The molecule has 0 saturated heterocycles. The predicted octanol–water partition coefficient (Wildman–Crippen LogP) is 5.18. The zero-order chi connectivity index (χ0) is 14.2. The molecule has 0 aliphatic heterocycles. The zero-order valence-electron chi connectivity index (χ0n) is 11.3. The van der Waals surface area contributed by atoms with Crippen molar-refractivity contribution in [2.45, 2.75) is 26.8 Å². The molecule has 100 valence electrons. The Kier molecular flexibility index (Phi) is 4.49. The normalized spacial score (nSPS) is 12.5. The summed E-state index contributed by atoms with van der Waals surface area (Å²) in [7, 11) is 0. The van der Waals surface area contributed by atoms with E-state index in [1.807, 2.05) is 0 Å². The number of hydrogen-bond acceptors (Lipinski definition) is 1. The molecule has 0 aromatic heterocycles. The van der Waals surface area contributed by atoms with E-state index in [1.165, 1.54) is 22.3 Å². The molecule has 0 saturated carbocycles. The van der Waals surface area contributed by atoms with Gasteiger partial charge < -0.3 is 5.73 Å². The van der Waals surface area contributed by atoms with Gasteiger partial charge in [0, 0.05) is 8.95 Å². The first-order valence-electron chi connectivity index (χ1n) is 6.19. The molecular formula is C16H17Br2N. The summed E-state index contributed by atoms with van der Waals surface area (Å²) in [5.41, 5.74) is 12.5. The molecule has 0 bridgehead atoms. The largest absolute Gasteiger partial charge is 0.320 e. The summed E-state index contributed by atoms with van der Waals surface area (Å²) < 4.78 is 2.15. The molecule has 1 atom stereocenters. The van der Waals surface area contributed by atoms with E-state index in [0.29, 0.717) is 0 Å². The molecular weight excluding hydrogens is 366 g/mol. The van der Waals surface area contributed by atoms with Crippen LogP contribution in [-0.4, -0.2) is 0 Å². The van der Waals surface area contributed by atoms with E-state index < -0.39 is 0 Å². The van der Waals surface area contributed by atoms with E-state index >= 15 is 0 Å². The third-order valence-corrected chi connectivity index (χ3v) is 5.14. The van der Waals surface area contributed by atoms with Gasteiger partial charge in [0.1, 0.15) is 0 Å². The molecule has 1 unspecified atom stereocenters. The van der Waals surface area contributed by atoms with Crippen LogP contribution < -0.4 is 5.73 Å². The topological polar surface area (TPSA) is 26.0 Å². The molecule has 2 aromatic rings. The monoisotopic (exact) mass is 381 g/mol. The lowest BCUT2D eigenvalue weighted by Crippen LogP contribution is -2.14. The van der Waals surface area contributed by atoms with Crippen molar-refractivity contribution >= 4 is 31.9 Å². The minimum Gasteiger partial charge on any atom is -0.320 e. The minimum absolute atomic E-state index is 0.119. The fraction of sp³-hybridized carbons (Fsp3) is 0.250. The molecule has 2 rings (SSSR count). The Morgan fingerprint density at radius 2 is 1.58 bits per heavy atom. The van der Waals surface area contributed by atoms with Gasteiger partial charge in [0.25, 0.3) is 0 Å². The summed E-state index contributed by atoms with van der Waals surface area (Å²) >= 11 is 7.20. The molecule has 0 aliphatic rings. The van der Waals surface area contributed by atoms with Crippen molar-refractivity contribution in [2.75, 3.05) is 0 Å². The van der Waals surface area contributed by atoms with Crippen molar-refractivity contribution < 1.29 is 0 Å². The number of rotatable bonds is 2. The van der Waals surface area contributed by atoms with Gasteiger partial charge in [0.15, 0.2) is 0 Å². The lowest BCUT2D eigenvalue weighted by molar-refractivity contribution is 0.852. The smallest absolute Gasteiger partial charge is 0.0565 e. The second-order valence-electron chi connectivity index (χ2n) is 4.89. The molecule has 1 nitrogen and oxygen atoms in total. The van der Waals surface area contributed by atoms with Crippen molar-refractivity contribution in [3.05, 3.63) is 67.1 Å². The van der Waals surface area contributed by atoms with Crippen molar-refractivity contribution in [1.29, 1.82) is 0 Å². The van der Waals surface area contributed by atoms with Crippen LogP contribution in [0.4, 0.5) is 0 Å². The van der Waals surface area contributed by atoms with E-state index in [2.05, 4.69) is 83.0 Å². The minimum atomic E-state index is -0.119. The summed E-state index contributed by atoms with van der Waals surface area (Å²) in [6.07, 6.45) is 0. The number of halogens is 2. The fourth-order valence-electron chi connectivity index (χ4n) is 2.18. The molecule has 2 aromatic carbocycles. The first-order chi connectivity index (χ1) is 8.91. The summed E-state index contributed by atoms with van der Waals surface area (Å²) in [5, 5.41) is 0. The highest BCUT2D eigenvalue weighted by Crippen LogP contribution is 2.33. The van der Waals surface area contributed by atoms with Gasteiger partial charge in [-0.1, -0.05) is 50.1 Å². The van der Waals surface area contributed by atoms with E-state index in [9.17, 15) is 0 Å². The van der Waals surface area contributed by atoms with E-state index in [0.717, 1.165) is 14.5 Å². The van der Waals surface area contributed by atoms with Crippen LogP contribution in [0.15, 0.2) is 39.3 Å². The maximum Gasteiger partial charge on any atom is 0.0565 e. The van der Waals surface area contributed by atoms with Gasteiger partial charge in [-0.05, 0) is 60.7 Å². The summed E-state index contributed by atoms with van der Waals surface area (Å²) in [6.45, 7) is 6.31. The van der Waals surface area contributed by atoms with Crippen LogP contribution in [0.25, 0.3) is 0 Å². The first kappa shape index (κ1) is 14.8. The van der Waals surface area contributed by atoms with Gasteiger partial charge in [-0.15, -0.1) is 0 Å². The third kappa shape index (κ3) is 2.93. The van der Waals surface area contributed by atoms with Crippen LogP contribution in [0.3, 0.4) is 0 Å². The summed E-state index contributed by atoms with van der Waals surface area (Å²) in [4.78, 5) is 0. The summed E-state index contributed by atoms with van der Waals surface area (Å²) in [6, 6.07) is 10.4. The molecule has 2 N–H and O–H groups in total. The highest BCUT2D eigenvalue weighted by atomic mass is 79.9. The Morgan fingerprint density at radius 1 is 0.895 bits per heavy atom. The van der Waals surface area contributed by atoms with Crippen LogP contribution >= 0.6 is 31.9 Å². The van der Waals surface area contributed by atoms with Crippen LogP contribution in [0.5, 0.6) is 0 Å². The lowest BCUT2D eigenvalue weighted by atomic mass is 9.93. The SMILES string of the molecule is Cc1cc(Br)c(C(N)c2cccc(C)c2C)cc1Br. The van der Waals surface area contributed by atoms with Crippen molar-refractivity contribution in [2.24, 2.45) is 5.73 Å². The van der Waals surface area contributed by atoms with Gasteiger partial charge in [-0.2, -0.15) is 0 Å². The van der Waals surface area contributed by atoms with Gasteiger partial charge in [-0.3, -0.25) is 0 Å². The van der Waals surface area contributed by atoms with Gasteiger partial charge in [0.05, 0.1) is 6.04 Å². The van der Waals surface area contributed by atoms with Crippen molar-refractivity contribution in [3.8, 4) is 0 Å². The molecule has 0 radical (unpaired) electrons. The molecule has 0 heterocycles. The fourth-order valence-corrected chi connectivity index (χ4v) is 3.24. The Hall–Kier alpha value is -0.640. The highest BCUT2D eigenvalue weighted by Gasteiger charge is 2.16. The molecule has 0 aliphatic carbocycles. The van der Waals surface area contributed by atoms with Crippen LogP contribution in [0.1, 0.15) is 33.9 Å². The molecule has 0 amide bonds. The Labute approximate surface area is 131 Å². The maximum absolute atomic E-state index is 6.45. The van der Waals surface area contributed by atoms with Crippen molar-refractivity contribution in [3.63, 3.8) is 0 Å². The Morgan fingerprint density at radius 3 is 2.26 bits per heavy atom. The number of aryl methyl sites for hydroxylation is 2. The van der Waals surface area contributed by atoms with E-state index in [1.54, 1.807) is 0 Å².